The molecule has 8 rings (SSSR count). The van der Waals surface area contributed by atoms with Gasteiger partial charge < -0.3 is 38.7 Å². The number of aromatic nitrogens is 3. The van der Waals surface area contributed by atoms with Crippen molar-refractivity contribution in [3.05, 3.63) is 52.1 Å². The lowest BCUT2D eigenvalue weighted by molar-refractivity contribution is -0.152. The number of amides is 2. The van der Waals surface area contributed by atoms with Crippen molar-refractivity contribution < 1.29 is 41.8 Å². The maximum atomic E-state index is 14.9. The van der Waals surface area contributed by atoms with E-state index in [1.807, 2.05) is 38.3 Å². The van der Waals surface area contributed by atoms with Crippen molar-refractivity contribution in [1.82, 2.24) is 35.2 Å². The van der Waals surface area contributed by atoms with Crippen molar-refractivity contribution in [2.75, 3.05) is 71.6 Å². The minimum atomic E-state index is -4.57. The summed E-state index contributed by atoms with van der Waals surface area (Å²) < 4.78 is 63.6. The summed E-state index contributed by atoms with van der Waals surface area (Å²) >= 11 is 1.32. The van der Waals surface area contributed by atoms with Gasteiger partial charge in [-0.15, -0.1) is 11.3 Å². The first-order chi connectivity index (χ1) is 29.6. The SMILES string of the molecule is CO[C@@H](C)c1ncc(N2CCN(C)CC2)cc1-c1c2c3cc(ccc3n1CC(F)(F)F)-c1csc(n1)C[C@H](NC(=O)[C@H]1CCO1)C(=O)N1CCC[C@](C=O)(COCC(C)(C)C2)N1. The summed E-state index contributed by atoms with van der Waals surface area (Å²) in [5, 5.41) is 7.32. The average molecular weight is 881 g/mol. The Bertz CT molecular complexity index is 2300. The topological polar surface area (TPSA) is 143 Å². The highest BCUT2D eigenvalue weighted by atomic mass is 32.1. The average Bonchev–Trinajstić information content (AvgIpc) is 3.80. The predicted molar refractivity (Wildman–Crippen MR) is 229 cm³/mol. The van der Waals surface area contributed by atoms with Crippen molar-refractivity contribution in [2.24, 2.45) is 5.41 Å². The van der Waals surface area contributed by atoms with Gasteiger partial charge in [0.1, 0.15) is 30.5 Å². The second-order valence-electron chi connectivity index (χ2n) is 17.9. The number of benzene rings is 1. The Balaban J connectivity index is 1.30. The zero-order valence-corrected chi connectivity index (χ0v) is 36.7. The van der Waals surface area contributed by atoms with E-state index in [-0.39, 0.29) is 19.6 Å². The number of fused-ring (bicyclic) bond motifs is 6. The highest BCUT2D eigenvalue weighted by Crippen LogP contribution is 2.44. The number of halogens is 3. The number of methoxy groups -OCH3 is 1. The molecule has 2 N–H and O–H groups in total. The van der Waals surface area contributed by atoms with Crippen LogP contribution in [0.4, 0.5) is 18.9 Å². The third-order valence-electron chi connectivity index (χ3n) is 12.5. The number of carbonyl (C=O) groups excluding carboxylic acids is 3. The van der Waals surface area contributed by atoms with Gasteiger partial charge in [0.25, 0.3) is 5.91 Å². The minimum Gasteiger partial charge on any atom is -0.378 e. The fourth-order valence-electron chi connectivity index (χ4n) is 8.91. The summed E-state index contributed by atoms with van der Waals surface area (Å²) in [4.78, 5) is 54.6. The molecule has 0 spiro atoms. The Labute approximate surface area is 363 Å². The van der Waals surface area contributed by atoms with Gasteiger partial charge in [-0.2, -0.15) is 13.2 Å². The molecule has 62 heavy (non-hydrogen) atoms. The van der Waals surface area contributed by atoms with E-state index in [4.69, 9.17) is 24.2 Å². The summed E-state index contributed by atoms with van der Waals surface area (Å²) in [5.41, 5.74) is 5.88. The first-order valence-corrected chi connectivity index (χ1v) is 22.1. The molecule has 3 aromatic heterocycles. The molecular formula is C44H55F3N8O6S. The van der Waals surface area contributed by atoms with E-state index in [1.54, 1.807) is 25.4 Å². The molecule has 4 aromatic rings. The van der Waals surface area contributed by atoms with E-state index in [9.17, 15) is 27.6 Å². The quantitative estimate of drug-likeness (QED) is 0.222. The number of pyridine rings is 1. The number of nitrogens with one attached hydrogen (secondary N) is 2. The molecule has 6 bridgehead atoms. The van der Waals surface area contributed by atoms with Crippen LogP contribution >= 0.6 is 11.3 Å². The van der Waals surface area contributed by atoms with Crippen LogP contribution in [-0.2, 0) is 48.0 Å². The van der Waals surface area contributed by atoms with Gasteiger partial charge in [0, 0.05) is 80.1 Å². The van der Waals surface area contributed by atoms with Gasteiger partial charge in [0.15, 0.2) is 0 Å². The van der Waals surface area contributed by atoms with Crippen molar-refractivity contribution in [3.8, 4) is 22.5 Å². The molecule has 0 aliphatic carbocycles. The van der Waals surface area contributed by atoms with Gasteiger partial charge in [-0.1, -0.05) is 19.9 Å². The Kier molecular flexibility index (Phi) is 12.5. The number of anilines is 1. The number of ether oxygens (including phenoxy) is 3. The van der Waals surface area contributed by atoms with Gasteiger partial charge in [-0.25, -0.2) is 10.4 Å². The van der Waals surface area contributed by atoms with Gasteiger partial charge in [0.05, 0.1) is 59.9 Å². The zero-order chi connectivity index (χ0) is 44.0. The first kappa shape index (κ1) is 44.2. The van der Waals surface area contributed by atoms with Crippen molar-refractivity contribution in [3.63, 3.8) is 0 Å². The second kappa shape index (κ2) is 17.6. The molecule has 334 valence electrons. The number of rotatable bonds is 8. The van der Waals surface area contributed by atoms with Crippen LogP contribution in [0.2, 0.25) is 0 Å². The number of piperazine rings is 1. The fourth-order valence-corrected chi connectivity index (χ4v) is 9.76. The largest absolute Gasteiger partial charge is 0.406 e. The molecule has 4 aliphatic rings. The summed E-state index contributed by atoms with van der Waals surface area (Å²) in [7, 11) is 3.63. The number of hydrazine groups is 1. The summed E-state index contributed by atoms with van der Waals surface area (Å²) in [6.07, 6.45) is -1.40. The summed E-state index contributed by atoms with van der Waals surface area (Å²) in [6, 6.07) is 6.34. The van der Waals surface area contributed by atoms with E-state index >= 15 is 0 Å². The van der Waals surface area contributed by atoms with Crippen LogP contribution in [0, 0.1) is 5.41 Å². The van der Waals surface area contributed by atoms with Gasteiger partial charge in [-0.3, -0.25) is 19.6 Å². The van der Waals surface area contributed by atoms with E-state index in [0.717, 1.165) is 38.2 Å². The molecule has 1 aromatic carbocycles. The van der Waals surface area contributed by atoms with Crippen LogP contribution in [0.25, 0.3) is 33.4 Å². The number of thiazole rings is 1. The van der Waals surface area contributed by atoms with E-state index in [0.29, 0.717) is 88.5 Å². The molecule has 14 nitrogen and oxygen atoms in total. The highest BCUT2D eigenvalue weighted by molar-refractivity contribution is 7.10. The summed E-state index contributed by atoms with van der Waals surface area (Å²) in [6.45, 7) is 8.58. The molecule has 3 fully saturated rings. The molecule has 2 amide bonds. The number of likely N-dealkylation sites (N-methyl/N-ethyl adjacent to an activating group) is 1. The number of carbonyl (C=O) groups is 3. The normalized spacial score (nSPS) is 24.4. The Morgan fingerprint density at radius 1 is 1.16 bits per heavy atom. The first-order valence-electron chi connectivity index (χ1n) is 21.2. The molecule has 3 saturated heterocycles. The van der Waals surface area contributed by atoms with Crippen LogP contribution in [0.1, 0.15) is 62.4 Å². The highest BCUT2D eigenvalue weighted by Gasteiger charge is 2.41. The van der Waals surface area contributed by atoms with Gasteiger partial charge in [0.2, 0.25) is 5.91 Å². The lowest BCUT2D eigenvalue weighted by atomic mass is 9.84. The predicted octanol–water partition coefficient (Wildman–Crippen LogP) is 5.33. The van der Waals surface area contributed by atoms with E-state index in [1.165, 1.54) is 20.9 Å². The standard InChI is InChI=1S/C44H55F3N8O6S/c1-27(59-5)38-31(18-29(21-48-38)53-14-12-52(4)13-15-53)39-32-20-42(2,3)25-60-26-43(24-56)10-6-11-55(51-43)41(58)33(50-40(57)36-9-16-61-36)19-37-49-34(22-62-37)28-7-8-35(30(32)17-28)54(39)23-44(45,46)47/h7-8,17-18,21-22,24,27,33,36,51H,6,9-16,19-20,23,25-26H2,1-5H3,(H,50,57)/t27-,33-,36+,43-/m0/s1. The number of hydrogen-bond acceptors (Lipinski definition) is 12. The Hall–Kier alpha value is -4.46. The molecule has 18 heteroatoms. The molecule has 0 saturated carbocycles. The molecular weight excluding hydrogens is 826 g/mol. The number of alkyl halides is 3. The van der Waals surface area contributed by atoms with Crippen LogP contribution in [0.15, 0.2) is 35.8 Å². The van der Waals surface area contributed by atoms with Crippen LogP contribution in [-0.4, -0.2) is 133 Å². The van der Waals surface area contributed by atoms with Crippen LogP contribution in [0.5, 0.6) is 0 Å². The van der Waals surface area contributed by atoms with Gasteiger partial charge >= 0.3 is 6.18 Å². The molecule has 4 aliphatic heterocycles. The maximum absolute atomic E-state index is 14.9. The summed E-state index contributed by atoms with van der Waals surface area (Å²) in [5.74, 6) is -0.818. The van der Waals surface area contributed by atoms with Crippen molar-refractivity contribution >= 4 is 46.0 Å². The molecule has 4 atom stereocenters. The van der Waals surface area contributed by atoms with Crippen LogP contribution < -0.4 is 15.6 Å². The van der Waals surface area contributed by atoms with Crippen molar-refractivity contribution in [2.45, 2.75) is 89.4 Å². The minimum absolute atomic E-state index is 0.0637. The number of aldehydes is 1. The third kappa shape index (κ3) is 9.26. The van der Waals surface area contributed by atoms with E-state index < -0.39 is 53.7 Å². The molecule has 7 heterocycles. The Morgan fingerprint density at radius 2 is 1.94 bits per heavy atom. The lowest BCUT2D eigenvalue weighted by Gasteiger charge is -2.42. The van der Waals surface area contributed by atoms with E-state index in [2.05, 4.69) is 27.6 Å². The second-order valence-corrected chi connectivity index (χ2v) is 18.9. The third-order valence-corrected chi connectivity index (χ3v) is 13.3. The smallest absolute Gasteiger partial charge is 0.378 e. The maximum Gasteiger partial charge on any atom is 0.406 e. The monoisotopic (exact) mass is 880 g/mol. The fraction of sp³-hybridized carbons (Fsp3) is 0.568. The van der Waals surface area contributed by atoms with Gasteiger partial charge in [-0.05, 0) is 62.4 Å². The van der Waals surface area contributed by atoms with Crippen LogP contribution in [0.3, 0.4) is 0 Å². The lowest BCUT2D eigenvalue weighted by Crippen LogP contribution is -2.66. The molecule has 0 radical (unpaired) electrons. The zero-order valence-electron chi connectivity index (χ0n) is 35.8. The van der Waals surface area contributed by atoms with Crippen molar-refractivity contribution in [1.29, 1.82) is 0 Å². The Morgan fingerprint density at radius 3 is 2.63 bits per heavy atom. The molecule has 0 unspecified atom stereocenters. The number of nitrogens with zero attached hydrogens (tertiary/aromatic N) is 6. The number of hydrogen-bond donors (Lipinski definition) is 2.